The van der Waals surface area contributed by atoms with Crippen molar-refractivity contribution in [3.8, 4) is 5.75 Å². The molecule has 0 radical (unpaired) electrons. The van der Waals surface area contributed by atoms with E-state index in [4.69, 9.17) is 9.47 Å². The molecule has 1 aromatic carbocycles. The summed E-state index contributed by atoms with van der Waals surface area (Å²) in [6, 6.07) is 6.23. The summed E-state index contributed by atoms with van der Waals surface area (Å²) >= 11 is 0. The van der Waals surface area contributed by atoms with E-state index < -0.39 is 8.32 Å². The van der Waals surface area contributed by atoms with Crippen molar-refractivity contribution in [2.45, 2.75) is 57.3 Å². The van der Waals surface area contributed by atoms with Gasteiger partial charge in [-0.25, -0.2) is 0 Å². The van der Waals surface area contributed by atoms with Gasteiger partial charge < -0.3 is 14.3 Å². The smallest absolute Gasteiger partial charge is 0.313 e. The van der Waals surface area contributed by atoms with Crippen LogP contribution in [0.2, 0.25) is 18.1 Å². The average molecular weight is 334 g/mol. The van der Waals surface area contributed by atoms with Gasteiger partial charge in [-0.2, -0.15) is 0 Å². The number of fused-ring (bicyclic) bond motifs is 3. The number of carbonyl (C=O) groups is 1. The first-order valence-corrected chi connectivity index (χ1v) is 11.3. The Balaban J connectivity index is 1.78. The monoisotopic (exact) mass is 334 g/mol. The molecule has 1 aromatic rings. The number of hydrogen-bond acceptors (Lipinski definition) is 4. The lowest BCUT2D eigenvalue weighted by molar-refractivity contribution is -0.145. The highest BCUT2D eigenvalue weighted by molar-refractivity contribution is 6.72. The quantitative estimate of drug-likeness (QED) is 0.663. The average Bonchev–Trinajstić information content (AvgIpc) is 3.02. The predicted molar refractivity (Wildman–Crippen MR) is 91.2 cm³/mol. The van der Waals surface area contributed by atoms with E-state index >= 15 is 0 Å². The number of esters is 1. The molecule has 2 aliphatic rings. The Bertz CT molecular complexity index is 632. The molecule has 1 N–H and O–H groups in total. The van der Waals surface area contributed by atoms with Crippen LogP contribution >= 0.6 is 0 Å². The van der Waals surface area contributed by atoms with E-state index in [1.54, 1.807) is 0 Å². The Kier molecular flexibility index (Phi) is 3.84. The first-order chi connectivity index (χ1) is 10.7. The number of rotatable bonds is 5. The van der Waals surface area contributed by atoms with Gasteiger partial charge in [-0.3, -0.25) is 4.79 Å². The second-order valence-electron chi connectivity index (χ2n) is 7.88. The summed E-state index contributed by atoms with van der Waals surface area (Å²) in [5.74, 6) is 0.742. The summed E-state index contributed by atoms with van der Waals surface area (Å²) in [6.07, 6.45) is 0.785. The van der Waals surface area contributed by atoms with Crippen molar-refractivity contribution >= 4 is 14.3 Å². The molecule has 0 spiro atoms. The Morgan fingerprint density at radius 1 is 1.39 bits per heavy atom. The Labute approximate surface area is 138 Å². The van der Waals surface area contributed by atoms with Crippen molar-refractivity contribution in [1.29, 1.82) is 0 Å². The largest absolute Gasteiger partial charge is 0.489 e. The van der Waals surface area contributed by atoms with Crippen LogP contribution in [0.25, 0.3) is 0 Å². The van der Waals surface area contributed by atoms with Crippen LogP contribution in [-0.2, 0) is 16.0 Å². The second-order valence-corrected chi connectivity index (χ2v) is 12.3. The van der Waals surface area contributed by atoms with Gasteiger partial charge in [0.15, 0.2) is 8.32 Å². The van der Waals surface area contributed by atoms with Gasteiger partial charge in [-0.1, -0.05) is 26.0 Å². The summed E-state index contributed by atoms with van der Waals surface area (Å²) in [6.45, 7) is 10.5. The van der Waals surface area contributed by atoms with Crippen molar-refractivity contribution in [3.05, 3.63) is 29.3 Å². The number of carbonyl (C=O) groups excluding carboxylic acids is 1. The van der Waals surface area contributed by atoms with Crippen LogP contribution in [0.1, 0.15) is 37.8 Å². The minimum atomic E-state index is -2.25. The molecule has 4 nitrogen and oxygen atoms in total. The van der Waals surface area contributed by atoms with E-state index in [0.29, 0.717) is 6.61 Å². The van der Waals surface area contributed by atoms with Crippen LogP contribution in [0.4, 0.5) is 0 Å². The topological polar surface area (TPSA) is 55.8 Å². The van der Waals surface area contributed by atoms with Crippen molar-refractivity contribution < 1.29 is 19.1 Å². The predicted octanol–water partition coefficient (Wildman–Crippen LogP) is 3.24. The van der Waals surface area contributed by atoms with E-state index in [1.807, 2.05) is 26.1 Å². The molecule has 23 heavy (non-hydrogen) atoms. The van der Waals surface area contributed by atoms with Gasteiger partial charge in [0.2, 0.25) is 0 Å². The van der Waals surface area contributed by atoms with Crippen LogP contribution in [-0.4, -0.2) is 31.8 Å². The van der Waals surface area contributed by atoms with Crippen molar-refractivity contribution in [2.75, 3.05) is 6.61 Å². The van der Waals surface area contributed by atoms with E-state index in [2.05, 4.69) is 26.0 Å². The molecule has 3 atom stereocenters. The molecule has 0 aromatic heterocycles. The number of hydrogen-bond donors (Lipinski definition) is 1. The van der Waals surface area contributed by atoms with Gasteiger partial charge in [0.25, 0.3) is 0 Å². The van der Waals surface area contributed by atoms with Crippen LogP contribution < -0.4 is 4.74 Å². The van der Waals surface area contributed by atoms with Crippen molar-refractivity contribution in [1.82, 2.24) is 0 Å². The standard InChI is InChI=1S/C18H26O4Si/c1-6-21-17(19)15-14-12-9-11(7-8-13(12)22-16(14)15)10-18(2,3)23(4,5)20/h7-9,14-16,20H,6,10H2,1-5H3. The maximum absolute atomic E-state index is 11.9. The molecule has 3 unspecified atom stereocenters. The molecule has 1 fully saturated rings. The molecule has 3 rings (SSSR count). The Morgan fingerprint density at radius 3 is 2.70 bits per heavy atom. The second kappa shape index (κ2) is 5.35. The van der Waals surface area contributed by atoms with E-state index in [9.17, 15) is 9.59 Å². The van der Waals surface area contributed by atoms with E-state index in [-0.39, 0.29) is 28.9 Å². The lowest BCUT2D eigenvalue weighted by Crippen LogP contribution is -2.40. The summed E-state index contributed by atoms with van der Waals surface area (Å²) in [7, 11) is -2.25. The van der Waals surface area contributed by atoms with Crippen LogP contribution in [0.5, 0.6) is 5.75 Å². The first kappa shape index (κ1) is 16.5. The Hall–Kier alpha value is -1.33. The SMILES string of the molecule is CCOC(=O)C1C2Oc3ccc(CC(C)(C)[Si](C)(C)O)cc3C21. The minimum Gasteiger partial charge on any atom is -0.489 e. The molecule has 0 bridgehead atoms. The van der Waals surface area contributed by atoms with Crippen molar-refractivity contribution in [2.24, 2.45) is 5.92 Å². The maximum atomic E-state index is 11.9. The minimum absolute atomic E-state index is 0.0454. The fraction of sp³-hybridized carbons (Fsp3) is 0.611. The number of ether oxygens (including phenoxy) is 2. The summed E-state index contributed by atoms with van der Waals surface area (Å²) in [5.41, 5.74) is 2.32. The highest BCUT2D eigenvalue weighted by atomic mass is 28.4. The molecule has 1 aliphatic carbocycles. The van der Waals surface area contributed by atoms with Gasteiger partial charge in [0.05, 0.1) is 6.61 Å². The van der Waals surface area contributed by atoms with Gasteiger partial charge >= 0.3 is 5.97 Å². The van der Waals surface area contributed by atoms with Crippen LogP contribution in [0.3, 0.4) is 0 Å². The lowest BCUT2D eigenvalue weighted by atomic mass is 9.98. The fourth-order valence-electron chi connectivity index (χ4n) is 3.27. The third kappa shape index (κ3) is 2.81. The molecule has 1 aliphatic heterocycles. The van der Waals surface area contributed by atoms with Gasteiger partial charge in [-0.15, -0.1) is 0 Å². The van der Waals surface area contributed by atoms with Crippen LogP contribution in [0, 0.1) is 5.92 Å². The molecule has 126 valence electrons. The molecule has 1 saturated carbocycles. The first-order valence-electron chi connectivity index (χ1n) is 8.34. The molecule has 5 heteroatoms. The molecular weight excluding hydrogens is 308 g/mol. The maximum Gasteiger partial charge on any atom is 0.313 e. The fourth-order valence-corrected chi connectivity index (χ4v) is 3.91. The summed E-state index contributed by atoms with van der Waals surface area (Å²) in [4.78, 5) is 22.4. The van der Waals surface area contributed by atoms with E-state index in [1.165, 1.54) is 5.56 Å². The highest BCUT2D eigenvalue weighted by Crippen LogP contribution is 2.59. The van der Waals surface area contributed by atoms with Crippen molar-refractivity contribution in [3.63, 3.8) is 0 Å². The lowest BCUT2D eigenvalue weighted by Gasteiger charge is -2.35. The number of benzene rings is 1. The zero-order valence-electron chi connectivity index (χ0n) is 14.6. The summed E-state index contributed by atoms with van der Waals surface area (Å²) in [5, 5.41) is -0.107. The highest BCUT2D eigenvalue weighted by Gasteiger charge is 2.63. The molecule has 1 heterocycles. The zero-order chi connectivity index (χ0) is 17.0. The Morgan fingerprint density at radius 2 is 2.09 bits per heavy atom. The normalized spacial score (nSPS) is 25.4. The third-order valence-electron chi connectivity index (χ3n) is 5.51. The molecular formula is C18H26O4Si. The zero-order valence-corrected chi connectivity index (χ0v) is 15.6. The third-order valence-corrected chi connectivity index (χ3v) is 9.00. The van der Waals surface area contributed by atoms with E-state index in [0.717, 1.165) is 17.7 Å². The van der Waals surface area contributed by atoms with Gasteiger partial charge in [0.1, 0.15) is 17.8 Å². The molecule has 0 saturated heterocycles. The van der Waals surface area contributed by atoms with Gasteiger partial charge in [0, 0.05) is 11.5 Å². The van der Waals surface area contributed by atoms with Crippen LogP contribution in [0.15, 0.2) is 18.2 Å². The summed E-state index contributed by atoms with van der Waals surface area (Å²) < 4.78 is 11.0. The molecule has 0 amide bonds. The van der Waals surface area contributed by atoms with Gasteiger partial charge in [-0.05, 0) is 43.1 Å².